The van der Waals surface area contributed by atoms with Gasteiger partial charge in [0.2, 0.25) is 11.5 Å². The molecule has 0 fully saturated rings. The van der Waals surface area contributed by atoms with Gasteiger partial charge in [-0.15, -0.1) is 4.57 Å². The third-order valence-electron chi connectivity index (χ3n) is 5.91. The first-order chi connectivity index (χ1) is 17.9. The second-order valence-electron chi connectivity index (χ2n) is 8.60. The highest BCUT2D eigenvalue weighted by atomic mass is 35.5. The van der Waals surface area contributed by atoms with Gasteiger partial charge in [0.15, 0.2) is 16.0 Å². The van der Waals surface area contributed by atoms with Gasteiger partial charge in [-0.1, -0.05) is 54.6 Å². The molecule has 0 spiro atoms. The van der Waals surface area contributed by atoms with Crippen molar-refractivity contribution in [3.05, 3.63) is 82.2 Å². The fourth-order valence-electron chi connectivity index (χ4n) is 4.31. The van der Waals surface area contributed by atoms with E-state index in [1.165, 1.54) is 21.2 Å². The molecule has 2 heterocycles. The number of oxazole rings is 1. The number of allylic oxidation sites excluding steroid dienone is 2. The minimum Gasteiger partial charge on any atom is -0.743 e. The molecule has 198 valence electrons. The van der Waals surface area contributed by atoms with E-state index in [2.05, 4.69) is 0 Å². The van der Waals surface area contributed by atoms with Crippen LogP contribution < -0.4 is 9.47 Å². The third-order valence-corrected chi connectivity index (χ3v) is 8.42. The molecule has 0 bridgehead atoms. The summed E-state index contributed by atoms with van der Waals surface area (Å²) in [6, 6.07) is 16.0. The lowest BCUT2D eigenvalue weighted by atomic mass is 10.1. The van der Waals surface area contributed by atoms with Crippen LogP contribution in [0.4, 0.5) is 5.69 Å². The van der Waals surface area contributed by atoms with E-state index in [1.54, 1.807) is 36.4 Å². The van der Waals surface area contributed by atoms with Gasteiger partial charge >= 0.3 is 5.89 Å². The summed E-state index contributed by atoms with van der Waals surface area (Å²) in [5.41, 5.74) is 2.07. The van der Waals surface area contributed by atoms with Gasteiger partial charge in [0.25, 0.3) is 15.6 Å². The van der Waals surface area contributed by atoms with E-state index in [0.717, 1.165) is 15.7 Å². The van der Waals surface area contributed by atoms with Gasteiger partial charge in [0, 0.05) is 9.92 Å². The van der Waals surface area contributed by atoms with Crippen molar-refractivity contribution < 1.29 is 34.9 Å². The molecule has 0 saturated carbocycles. The molecule has 3 aromatic carbocycles. The van der Waals surface area contributed by atoms with Crippen molar-refractivity contribution in [3.8, 4) is 0 Å². The van der Waals surface area contributed by atoms with E-state index < -0.39 is 32.0 Å². The molecule has 0 radical (unpaired) electrons. The average Bonchev–Trinajstić information content (AvgIpc) is 3.34. The Hall–Kier alpha value is -2.87. The molecule has 13 heteroatoms. The number of aromatic nitrogens is 1. The molecule has 1 aromatic heterocycles. The van der Waals surface area contributed by atoms with E-state index >= 15 is 0 Å². The minimum absolute atomic E-state index is 0.148. The van der Waals surface area contributed by atoms with Gasteiger partial charge in [-0.2, -0.15) is 8.42 Å². The standard InChI is InChI=1S/C25H21ClN2O7S3/c1-2-16(12-24-27(14-37(29,30)31)20-13-18(26)8-10-22(20)36-24)11-23-28(15-38(32,33)34)25-19-6-4-3-5-17(19)7-9-21(25)35-23/h3-13H,2,14-15H2,1H3,(H-,29,30,31,32,33,34). The number of nitrogens with zero attached hydrogens (tertiary/aromatic N) is 2. The third kappa shape index (κ3) is 5.60. The highest BCUT2D eigenvalue weighted by molar-refractivity contribution is 8.03. The van der Waals surface area contributed by atoms with Crippen LogP contribution in [0.25, 0.3) is 27.9 Å². The predicted molar refractivity (Wildman–Crippen MR) is 146 cm³/mol. The maximum atomic E-state index is 11.8. The van der Waals surface area contributed by atoms with Crippen LogP contribution in [0.15, 0.2) is 80.6 Å². The molecular formula is C25H21ClN2O7S3. The zero-order chi connectivity index (χ0) is 27.2. The van der Waals surface area contributed by atoms with Crippen molar-refractivity contribution in [3.63, 3.8) is 0 Å². The molecule has 0 aliphatic carbocycles. The molecule has 9 nitrogen and oxygen atoms in total. The van der Waals surface area contributed by atoms with Crippen molar-refractivity contribution in [2.45, 2.75) is 24.1 Å². The Labute approximate surface area is 228 Å². The molecule has 0 unspecified atom stereocenters. The first-order valence-electron chi connectivity index (χ1n) is 11.3. The topological polar surface area (TPSA) is 132 Å². The van der Waals surface area contributed by atoms with Crippen LogP contribution in [-0.4, -0.2) is 31.8 Å². The van der Waals surface area contributed by atoms with Gasteiger partial charge in [-0.25, -0.2) is 8.42 Å². The molecule has 1 aliphatic rings. The van der Waals surface area contributed by atoms with Crippen molar-refractivity contribution in [2.75, 3.05) is 10.8 Å². The summed E-state index contributed by atoms with van der Waals surface area (Å²) in [5, 5.41) is 2.50. The molecule has 0 saturated heterocycles. The van der Waals surface area contributed by atoms with Gasteiger partial charge < -0.3 is 13.9 Å². The van der Waals surface area contributed by atoms with Crippen molar-refractivity contribution >= 4 is 77.2 Å². The van der Waals surface area contributed by atoms with Gasteiger partial charge in [-0.3, -0.25) is 4.55 Å². The van der Waals surface area contributed by atoms with Crippen LogP contribution in [0.1, 0.15) is 19.2 Å². The first-order valence-corrected chi connectivity index (χ1v) is 15.7. The Morgan fingerprint density at radius 1 is 1.16 bits per heavy atom. The maximum absolute atomic E-state index is 11.8. The van der Waals surface area contributed by atoms with Crippen LogP contribution in [0.5, 0.6) is 0 Å². The zero-order valence-corrected chi connectivity index (χ0v) is 23.1. The maximum Gasteiger partial charge on any atom is 0.375 e. The smallest absolute Gasteiger partial charge is 0.375 e. The first kappa shape index (κ1) is 26.7. The number of fused-ring (bicyclic) bond motifs is 4. The predicted octanol–water partition coefficient (Wildman–Crippen LogP) is 5.12. The molecule has 38 heavy (non-hydrogen) atoms. The summed E-state index contributed by atoms with van der Waals surface area (Å²) in [6.45, 7) is 1.87. The molecule has 1 aliphatic heterocycles. The highest BCUT2D eigenvalue weighted by Gasteiger charge is 2.30. The fourth-order valence-corrected chi connectivity index (χ4v) is 6.85. The highest BCUT2D eigenvalue weighted by Crippen LogP contribution is 2.47. The van der Waals surface area contributed by atoms with E-state index in [-0.39, 0.29) is 5.89 Å². The fraction of sp³-hybridized carbons (Fsp3) is 0.160. The number of anilines is 1. The average molecular weight is 593 g/mol. The summed E-state index contributed by atoms with van der Waals surface area (Å²) >= 11 is 7.43. The largest absolute Gasteiger partial charge is 0.743 e. The van der Waals surface area contributed by atoms with E-state index in [4.69, 9.17) is 16.0 Å². The zero-order valence-electron chi connectivity index (χ0n) is 19.9. The van der Waals surface area contributed by atoms with Crippen molar-refractivity contribution in [2.24, 2.45) is 0 Å². The SMILES string of the molecule is CCC(=Cc1oc2ccc3ccccc3c2[n+]1CS(=O)(=O)[O-])C=C1Sc2ccc(Cl)cc2N1CS(=O)(=O)O. The van der Waals surface area contributed by atoms with Crippen LogP contribution in [0.2, 0.25) is 5.02 Å². The lowest BCUT2D eigenvalue weighted by Crippen LogP contribution is -2.39. The molecule has 1 N–H and O–H groups in total. The van der Waals surface area contributed by atoms with Crippen LogP contribution in [-0.2, 0) is 26.1 Å². The summed E-state index contributed by atoms with van der Waals surface area (Å²) < 4.78 is 76.0. The Balaban J connectivity index is 1.66. The second-order valence-corrected chi connectivity index (χ2v) is 12.9. The molecule has 0 atom stereocenters. The molecule has 5 rings (SSSR count). The van der Waals surface area contributed by atoms with Crippen LogP contribution >= 0.6 is 23.4 Å². The van der Waals surface area contributed by atoms with E-state index in [0.29, 0.717) is 38.8 Å². The Bertz CT molecular complexity index is 1860. The van der Waals surface area contributed by atoms with E-state index in [9.17, 15) is 25.9 Å². The van der Waals surface area contributed by atoms with Crippen molar-refractivity contribution in [1.29, 1.82) is 0 Å². The van der Waals surface area contributed by atoms with Gasteiger partial charge in [0.05, 0.1) is 22.2 Å². The quantitative estimate of drug-likeness (QED) is 0.229. The summed E-state index contributed by atoms with van der Waals surface area (Å²) in [5.74, 6) is -1.36. The van der Waals surface area contributed by atoms with Crippen molar-refractivity contribution in [1.82, 2.24) is 0 Å². The van der Waals surface area contributed by atoms with Crippen LogP contribution in [0, 0.1) is 0 Å². The monoisotopic (exact) mass is 592 g/mol. The normalized spacial score (nSPS) is 15.6. The Kier molecular flexibility index (Phi) is 7.05. The summed E-state index contributed by atoms with van der Waals surface area (Å²) in [4.78, 5) is 2.19. The minimum atomic E-state index is -4.68. The number of hydrogen-bond acceptors (Lipinski definition) is 8. The number of rotatable bonds is 7. The van der Waals surface area contributed by atoms with Gasteiger partial charge in [-0.05, 0) is 53.8 Å². The number of hydrogen-bond donors (Lipinski definition) is 1. The molecule has 0 amide bonds. The summed E-state index contributed by atoms with van der Waals surface area (Å²) in [6.07, 6.45) is 3.81. The number of thioether (sulfide) groups is 1. The lowest BCUT2D eigenvalue weighted by molar-refractivity contribution is -0.658. The Morgan fingerprint density at radius 3 is 2.63 bits per heavy atom. The second kappa shape index (κ2) is 10.0. The summed E-state index contributed by atoms with van der Waals surface area (Å²) in [7, 11) is -9.05. The molecular weight excluding hydrogens is 572 g/mol. The number of benzene rings is 3. The number of halogens is 1. The molecule has 4 aromatic rings. The van der Waals surface area contributed by atoms with E-state index in [1.807, 2.05) is 37.3 Å². The van der Waals surface area contributed by atoms with Gasteiger partial charge in [0.1, 0.15) is 0 Å². The van der Waals surface area contributed by atoms with Crippen LogP contribution in [0.3, 0.4) is 0 Å². The Morgan fingerprint density at radius 2 is 1.92 bits per heavy atom. The lowest BCUT2D eigenvalue weighted by Gasteiger charge is -2.19.